The summed E-state index contributed by atoms with van der Waals surface area (Å²) < 4.78 is 7.42. The molecule has 2 N–H and O–H groups in total. The Bertz CT molecular complexity index is 566. The van der Waals surface area contributed by atoms with Gasteiger partial charge in [-0.25, -0.2) is 4.98 Å². The van der Waals surface area contributed by atoms with Crippen LogP contribution in [-0.2, 0) is 12.5 Å². The summed E-state index contributed by atoms with van der Waals surface area (Å²) in [5, 5.41) is 4.09. The molecule has 1 saturated carbocycles. The second-order valence-electron chi connectivity index (χ2n) is 5.68. The Labute approximate surface area is 118 Å². The lowest BCUT2D eigenvalue weighted by molar-refractivity contribution is 0.257. The first kappa shape index (κ1) is 13.3. The van der Waals surface area contributed by atoms with E-state index < -0.39 is 0 Å². The Balaban J connectivity index is 1.93. The van der Waals surface area contributed by atoms with Crippen LogP contribution in [0.3, 0.4) is 0 Å². The van der Waals surface area contributed by atoms with Crippen molar-refractivity contribution >= 4 is 0 Å². The lowest BCUT2D eigenvalue weighted by Crippen LogP contribution is -2.35. The summed E-state index contributed by atoms with van der Waals surface area (Å²) in [7, 11) is 1.92. The topological polar surface area (TPSA) is 82.8 Å². The Kier molecular flexibility index (Phi) is 3.56. The van der Waals surface area contributed by atoms with Gasteiger partial charge >= 0.3 is 0 Å². The third-order valence-corrected chi connectivity index (χ3v) is 4.35. The van der Waals surface area contributed by atoms with Gasteiger partial charge in [-0.3, -0.25) is 0 Å². The molecule has 1 aliphatic rings. The van der Waals surface area contributed by atoms with E-state index in [2.05, 4.69) is 15.1 Å². The van der Waals surface area contributed by atoms with Crippen LogP contribution in [0.1, 0.15) is 44.4 Å². The van der Waals surface area contributed by atoms with Crippen LogP contribution in [0.25, 0.3) is 11.6 Å². The maximum absolute atomic E-state index is 6.05. The van der Waals surface area contributed by atoms with Crippen LogP contribution < -0.4 is 5.73 Å². The molecule has 0 spiro atoms. The van der Waals surface area contributed by atoms with Crippen molar-refractivity contribution in [1.82, 2.24) is 19.7 Å². The fraction of sp³-hybridized carbons (Fsp3) is 0.643. The maximum atomic E-state index is 6.05. The Morgan fingerprint density at radius 2 is 2.05 bits per heavy atom. The molecule has 0 radical (unpaired) electrons. The van der Waals surface area contributed by atoms with Crippen molar-refractivity contribution in [3.05, 3.63) is 18.3 Å². The quantitative estimate of drug-likeness (QED) is 0.866. The number of aromatic nitrogens is 4. The van der Waals surface area contributed by atoms with Crippen LogP contribution >= 0.6 is 0 Å². The first-order valence-corrected chi connectivity index (χ1v) is 7.27. The van der Waals surface area contributed by atoms with Gasteiger partial charge in [0.25, 0.3) is 0 Å². The largest absolute Gasteiger partial charge is 0.338 e. The summed E-state index contributed by atoms with van der Waals surface area (Å²) in [5.74, 6) is 1.95. The minimum atomic E-state index is -0.146. The molecule has 0 aromatic carbocycles. The molecule has 0 bridgehead atoms. The van der Waals surface area contributed by atoms with Crippen LogP contribution in [0.2, 0.25) is 0 Å². The van der Waals surface area contributed by atoms with Crippen molar-refractivity contribution in [2.75, 3.05) is 6.54 Å². The predicted octanol–water partition coefficient (Wildman–Crippen LogP) is 2.02. The first-order valence-electron chi connectivity index (χ1n) is 7.27. The van der Waals surface area contributed by atoms with E-state index in [1.807, 2.05) is 17.8 Å². The second kappa shape index (κ2) is 5.36. The van der Waals surface area contributed by atoms with Gasteiger partial charge in [0.05, 0.1) is 5.41 Å². The van der Waals surface area contributed by atoms with Crippen molar-refractivity contribution in [1.29, 1.82) is 0 Å². The van der Waals surface area contributed by atoms with Crippen molar-refractivity contribution in [2.24, 2.45) is 12.8 Å². The molecule has 2 aromatic heterocycles. The van der Waals surface area contributed by atoms with E-state index >= 15 is 0 Å². The molecule has 6 heteroatoms. The number of hydrogen-bond acceptors (Lipinski definition) is 5. The van der Waals surface area contributed by atoms with Crippen LogP contribution in [0.15, 0.2) is 16.9 Å². The molecule has 108 valence electrons. The third-order valence-electron chi connectivity index (χ3n) is 4.35. The Morgan fingerprint density at radius 3 is 2.65 bits per heavy atom. The molecule has 0 atom stereocenters. The van der Waals surface area contributed by atoms with E-state index in [1.54, 1.807) is 6.20 Å². The van der Waals surface area contributed by atoms with Gasteiger partial charge in [0.1, 0.15) is 0 Å². The summed E-state index contributed by atoms with van der Waals surface area (Å²) >= 11 is 0. The summed E-state index contributed by atoms with van der Waals surface area (Å²) in [5.41, 5.74) is 5.90. The average molecular weight is 275 g/mol. The molecule has 2 heterocycles. The second-order valence-corrected chi connectivity index (χ2v) is 5.68. The SMILES string of the molecule is Cn1ccnc1-c1noc(C2(CN)CCCCCC2)n1. The first-order chi connectivity index (χ1) is 9.75. The number of rotatable bonds is 3. The highest BCUT2D eigenvalue weighted by molar-refractivity contribution is 5.42. The van der Waals surface area contributed by atoms with Crippen LogP contribution in [-0.4, -0.2) is 26.2 Å². The van der Waals surface area contributed by atoms with Gasteiger partial charge < -0.3 is 14.8 Å². The van der Waals surface area contributed by atoms with Gasteiger partial charge in [-0.05, 0) is 12.8 Å². The minimum absolute atomic E-state index is 0.146. The molecule has 6 nitrogen and oxygen atoms in total. The van der Waals surface area contributed by atoms with Gasteiger partial charge in [0, 0.05) is 26.0 Å². The molecule has 20 heavy (non-hydrogen) atoms. The molecule has 0 saturated heterocycles. The van der Waals surface area contributed by atoms with E-state index in [4.69, 9.17) is 10.3 Å². The van der Waals surface area contributed by atoms with Crippen LogP contribution in [0.5, 0.6) is 0 Å². The van der Waals surface area contributed by atoms with Crippen molar-refractivity contribution in [2.45, 2.75) is 43.9 Å². The normalized spacial score (nSPS) is 18.9. The number of nitrogens with zero attached hydrogens (tertiary/aromatic N) is 4. The molecule has 1 fully saturated rings. The number of nitrogens with two attached hydrogens (primary N) is 1. The van der Waals surface area contributed by atoms with Gasteiger partial charge in [0.2, 0.25) is 11.7 Å². The van der Waals surface area contributed by atoms with Gasteiger partial charge in [-0.1, -0.05) is 30.8 Å². The van der Waals surface area contributed by atoms with Crippen molar-refractivity contribution < 1.29 is 4.52 Å². The van der Waals surface area contributed by atoms with Gasteiger partial charge in [-0.2, -0.15) is 4.98 Å². The van der Waals surface area contributed by atoms with E-state index in [0.29, 0.717) is 18.3 Å². The molecule has 0 unspecified atom stereocenters. The smallest absolute Gasteiger partial charge is 0.238 e. The summed E-state index contributed by atoms with van der Waals surface area (Å²) in [6, 6.07) is 0. The standard InChI is InChI=1S/C14H21N5O/c1-19-9-8-16-12(19)11-17-13(20-18-11)14(10-15)6-4-2-3-5-7-14/h8-9H,2-7,10,15H2,1H3. The lowest BCUT2D eigenvalue weighted by Gasteiger charge is -2.26. The predicted molar refractivity (Wildman–Crippen MR) is 74.9 cm³/mol. The lowest BCUT2D eigenvalue weighted by atomic mass is 9.80. The number of hydrogen-bond donors (Lipinski definition) is 1. The van der Waals surface area contributed by atoms with E-state index in [-0.39, 0.29) is 5.41 Å². The summed E-state index contributed by atoms with van der Waals surface area (Å²) in [4.78, 5) is 8.84. The third kappa shape index (κ3) is 2.24. The molecule has 1 aliphatic carbocycles. The molecule has 3 rings (SSSR count). The zero-order valence-electron chi connectivity index (χ0n) is 11.9. The molecule has 0 amide bonds. The average Bonchev–Trinajstić information content (AvgIpc) is 3.03. The van der Waals surface area contributed by atoms with E-state index in [9.17, 15) is 0 Å². The van der Waals surface area contributed by atoms with E-state index in [0.717, 1.165) is 18.7 Å². The molecule has 0 aliphatic heterocycles. The number of aryl methyl sites for hydroxylation is 1. The molecular weight excluding hydrogens is 254 g/mol. The van der Waals surface area contributed by atoms with Crippen LogP contribution in [0, 0.1) is 0 Å². The van der Waals surface area contributed by atoms with Crippen molar-refractivity contribution in [3.8, 4) is 11.6 Å². The van der Waals surface area contributed by atoms with E-state index in [1.165, 1.54) is 25.7 Å². The van der Waals surface area contributed by atoms with Crippen molar-refractivity contribution in [3.63, 3.8) is 0 Å². The highest BCUT2D eigenvalue weighted by Gasteiger charge is 2.37. The Morgan fingerprint density at radius 1 is 1.30 bits per heavy atom. The van der Waals surface area contributed by atoms with Crippen LogP contribution in [0.4, 0.5) is 0 Å². The maximum Gasteiger partial charge on any atom is 0.238 e. The molecular formula is C14H21N5O. The fourth-order valence-corrected chi connectivity index (χ4v) is 3.02. The zero-order chi connectivity index (χ0) is 14.0. The highest BCUT2D eigenvalue weighted by Crippen LogP contribution is 2.37. The number of imidazole rings is 1. The summed E-state index contributed by atoms with van der Waals surface area (Å²) in [6.45, 7) is 0.565. The zero-order valence-corrected chi connectivity index (χ0v) is 11.9. The summed E-state index contributed by atoms with van der Waals surface area (Å²) in [6.07, 6.45) is 10.6. The Hall–Kier alpha value is -1.69. The fourth-order valence-electron chi connectivity index (χ4n) is 3.02. The van der Waals surface area contributed by atoms with Gasteiger partial charge in [0.15, 0.2) is 5.82 Å². The molecule has 2 aromatic rings. The monoisotopic (exact) mass is 275 g/mol. The minimum Gasteiger partial charge on any atom is -0.338 e. The highest BCUT2D eigenvalue weighted by atomic mass is 16.5. The van der Waals surface area contributed by atoms with Gasteiger partial charge in [-0.15, -0.1) is 0 Å².